The molecular formula is C61H30F24N4. The van der Waals surface area contributed by atoms with Crippen LogP contribution in [0.2, 0.25) is 0 Å². The van der Waals surface area contributed by atoms with Gasteiger partial charge < -0.3 is 14.5 Å². The third-order valence-corrected chi connectivity index (χ3v) is 15.0. The monoisotopic (exact) mass is 1270 g/mol. The number of nitrogens with one attached hydrogen (secondary N) is 1. The van der Waals surface area contributed by atoms with E-state index in [1.54, 1.807) is 6.92 Å². The van der Waals surface area contributed by atoms with E-state index in [0.717, 1.165) is 72.8 Å². The van der Waals surface area contributed by atoms with Crippen LogP contribution in [0.25, 0.3) is 94.7 Å². The Morgan fingerprint density at radius 2 is 0.719 bits per heavy atom. The molecule has 0 bridgehead atoms. The third-order valence-electron chi connectivity index (χ3n) is 15.0. The van der Waals surface area contributed by atoms with Gasteiger partial charge in [-0.3, -0.25) is 4.98 Å². The molecular weight excluding hydrogens is 1240 g/mol. The molecule has 3 aromatic heterocycles. The Kier molecular flexibility index (Phi) is 14.2. The molecule has 4 nitrogen and oxygen atoms in total. The van der Waals surface area contributed by atoms with Gasteiger partial charge >= 0.3 is 49.4 Å². The lowest BCUT2D eigenvalue weighted by Crippen LogP contribution is -2.18. The molecule has 0 saturated carbocycles. The largest absolute Gasteiger partial charge is 0.417 e. The lowest BCUT2D eigenvalue weighted by Gasteiger charge is -2.22. The molecule has 1 atom stereocenters. The Labute approximate surface area is 482 Å². The molecule has 7 aromatic carbocycles. The maximum atomic E-state index is 15.5. The van der Waals surface area contributed by atoms with Gasteiger partial charge in [-0.1, -0.05) is 36.4 Å². The number of fused-ring (bicyclic) bond motifs is 6. The second kappa shape index (κ2) is 20.5. The fraction of sp³-hybridized carbons (Fsp3) is 0.164. The van der Waals surface area contributed by atoms with Crippen molar-refractivity contribution in [2.45, 2.75) is 62.4 Å². The van der Waals surface area contributed by atoms with Crippen LogP contribution in [0.15, 0.2) is 146 Å². The first-order valence-electron chi connectivity index (χ1n) is 25.5. The van der Waals surface area contributed by atoms with Gasteiger partial charge in [0.1, 0.15) is 0 Å². The SMILES string of the molecule is CC1NC=Cc2c1c1cc(-c3cc(C(F)(F)F)c(-c4ccc5c(c4)c4cnccc4n5-c4ccc(-c5c(C(F)(F)F)cc(C(F)(F)F)cc5C(F)(F)F)cc4)cc3C(F)(F)F)ccc1n2-c1ccc(-c2c(C(F)(F)F)cc(C(F)(F)F)cc2C(F)(F)F)cc1. The normalized spacial score (nSPS) is 14.7. The first-order valence-corrected chi connectivity index (χ1v) is 25.5. The van der Waals surface area contributed by atoms with Crippen molar-refractivity contribution >= 4 is 38.8 Å². The van der Waals surface area contributed by atoms with Crippen LogP contribution in [0.1, 0.15) is 68.7 Å². The maximum absolute atomic E-state index is 15.5. The molecule has 1 aliphatic rings. The van der Waals surface area contributed by atoms with E-state index in [9.17, 15) is 79.0 Å². The molecule has 0 amide bonds. The number of halogens is 24. The zero-order valence-corrected chi connectivity index (χ0v) is 43.9. The number of hydrogen-bond donors (Lipinski definition) is 1. The minimum absolute atomic E-state index is 0.00315. The van der Waals surface area contributed by atoms with E-state index >= 15 is 26.3 Å². The topological polar surface area (TPSA) is 34.8 Å². The highest BCUT2D eigenvalue weighted by atomic mass is 19.4. The highest BCUT2D eigenvalue weighted by Gasteiger charge is 2.48. The summed E-state index contributed by atoms with van der Waals surface area (Å²) >= 11 is 0. The first-order chi connectivity index (χ1) is 41.1. The quantitative estimate of drug-likeness (QED) is 0.168. The molecule has 10 aromatic rings. The van der Waals surface area contributed by atoms with Crippen LogP contribution in [-0.4, -0.2) is 14.1 Å². The summed E-state index contributed by atoms with van der Waals surface area (Å²) in [5, 5.41) is 3.21. The van der Waals surface area contributed by atoms with Crippen LogP contribution < -0.4 is 5.32 Å². The fourth-order valence-corrected chi connectivity index (χ4v) is 11.3. The standard InChI is InChI=1S/C61H30F24N4/c1-27-51-39-19-31(7-13-48(39)89(50(51)15-17-87-27)35-10-4-29(5-11-35)53-45(60(80,81)82)22-33(55(65,66)67)23-46(53)61(83,84)85)37-25-41(56(68,69)70)36(24-42(37)57(71,72)73)30-6-12-47-38(18-30)40-26-86-16-14-49(40)88(47)34-8-2-28(3-9-34)52-43(58(74,75)76)20-32(54(62,63)64)21-44(52)59(77,78)79/h2-27,87H,1H3. The van der Waals surface area contributed by atoms with Crippen LogP contribution in [-0.2, 0) is 49.4 Å². The Morgan fingerprint density at radius 3 is 1.11 bits per heavy atom. The van der Waals surface area contributed by atoms with Crippen molar-refractivity contribution in [3.05, 3.63) is 202 Å². The van der Waals surface area contributed by atoms with Crippen LogP contribution in [0.5, 0.6) is 0 Å². The summed E-state index contributed by atoms with van der Waals surface area (Å²) in [4.78, 5) is 4.04. The molecule has 0 spiro atoms. The summed E-state index contributed by atoms with van der Waals surface area (Å²) in [6.07, 6.45) is -39.7. The van der Waals surface area contributed by atoms with E-state index in [0.29, 0.717) is 5.56 Å². The number of hydrogen-bond acceptors (Lipinski definition) is 2. The smallest absolute Gasteiger partial charge is 0.384 e. The van der Waals surface area contributed by atoms with Gasteiger partial charge in [0.05, 0.1) is 72.8 Å². The Hall–Kier alpha value is -9.11. The van der Waals surface area contributed by atoms with Gasteiger partial charge in [0.2, 0.25) is 0 Å². The number of alkyl halides is 24. The van der Waals surface area contributed by atoms with E-state index in [4.69, 9.17) is 0 Å². The molecule has 0 fully saturated rings. The van der Waals surface area contributed by atoms with Crippen molar-refractivity contribution in [2.75, 3.05) is 0 Å². The number of nitrogens with zero attached hydrogens (tertiary/aromatic N) is 3. The lowest BCUT2D eigenvalue weighted by molar-refractivity contribution is -0.150. The highest BCUT2D eigenvalue weighted by molar-refractivity contribution is 6.10. The molecule has 89 heavy (non-hydrogen) atoms. The van der Waals surface area contributed by atoms with Crippen LogP contribution in [0.4, 0.5) is 105 Å². The number of aromatic nitrogens is 3. The fourth-order valence-electron chi connectivity index (χ4n) is 11.3. The predicted octanol–water partition coefficient (Wildman–Crippen LogP) is 21.6. The number of benzene rings is 7. The minimum Gasteiger partial charge on any atom is -0.384 e. The molecule has 0 radical (unpaired) electrons. The second-order valence-corrected chi connectivity index (χ2v) is 20.5. The average molecular weight is 1270 g/mol. The molecule has 4 heterocycles. The summed E-state index contributed by atoms with van der Waals surface area (Å²) in [6, 6.07) is 13.2. The van der Waals surface area contributed by atoms with Crippen LogP contribution in [0.3, 0.4) is 0 Å². The van der Waals surface area contributed by atoms with Gasteiger partial charge in [-0.15, -0.1) is 0 Å². The van der Waals surface area contributed by atoms with E-state index in [-0.39, 0.29) is 61.9 Å². The summed E-state index contributed by atoms with van der Waals surface area (Å²) in [5.41, 5.74) is -23.6. The predicted molar refractivity (Wildman–Crippen MR) is 278 cm³/mol. The van der Waals surface area contributed by atoms with Crippen molar-refractivity contribution in [1.29, 1.82) is 0 Å². The van der Waals surface area contributed by atoms with Crippen molar-refractivity contribution in [2.24, 2.45) is 0 Å². The number of pyridine rings is 1. The summed E-state index contributed by atoms with van der Waals surface area (Å²) in [5.74, 6) is 0. The molecule has 11 rings (SSSR count). The van der Waals surface area contributed by atoms with Crippen molar-refractivity contribution in [3.63, 3.8) is 0 Å². The summed E-state index contributed by atoms with van der Waals surface area (Å²) in [6.45, 7) is 1.58. The average Bonchev–Trinajstić information content (AvgIpc) is 1.68. The first kappa shape index (κ1) is 61.5. The van der Waals surface area contributed by atoms with E-state index in [1.165, 1.54) is 52.0 Å². The van der Waals surface area contributed by atoms with Gasteiger partial charge in [0.15, 0.2) is 0 Å². The molecule has 0 aliphatic carbocycles. The van der Waals surface area contributed by atoms with Crippen molar-refractivity contribution in [1.82, 2.24) is 19.4 Å². The molecule has 1 N–H and O–H groups in total. The van der Waals surface area contributed by atoms with Gasteiger partial charge in [-0.05, 0) is 144 Å². The lowest BCUT2D eigenvalue weighted by atomic mass is 9.89. The van der Waals surface area contributed by atoms with Gasteiger partial charge in [0.25, 0.3) is 0 Å². The zero-order valence-electron chi connectivity index (χ0n) is 43.9. The summed E-state index contributed by atoms with van der Waals surface area (Å²) in [7, 11) is 0. The zero-order chi connectivity index (χ0) is 64.8. The second-order valence-electron chi connectivity index (χ2n) is 20.5. The maximum Gasteiger partial charge on any atom is 0.417 e. The van der Waals surface area contributed by atoms with Crippen molar-refractivity contribution < 1.29 is 105 Å². The van der Waals surface area contributed by atoms with E-state index in [2.05, 4.69) is 10.3 Å². The number of rotatable bonds is 6. The molecule has 0 saturated heterocycles. The van der Waals surface area contributed by atoms with Gasteiger partial charge in [-0.25, -0.2) is 0 Å². The van der Waals surface area contributed by atoms with Gasteiger partial charge in [0, 0.05) is 56.6 Å². The Balaban J connectivity index is 1.03. The van der Waals surface area contributed by atoms with Crippen LogP contribution >= 0.6 is 0 Å². The van der Waals surface area contributed by atoms with E-state index in [1.807, 2.05) is 0 Å². The molecule has 1 aliphatic heterocycles. The van der Waals surface area contributed by atoms with Crippen LogP contribution in [0, 0.1) is 0 Å². The highest BCUT2D eigenvalue weighted by Crippen LogP contribution is 2.52. The van der Waals surface area contributed by atoms with Gasteiger partial charge in [-0.2, -0.15) is 105 Å². The minimum atomic E-state index is -5.74. The summed E-state index contributed by atoms with van der Waals surface area (Å²) < 4.78 is 349. The third kappa shape index (κ3) is 11.0. The molecule has 28 heteroatoms. The Morgan fingerprint density at radius 1 is 0.360 bits per heavy atom. The molecule has 1 unspecified atom stereocenters. The molecule has 462 valence electrons. The van der Waals surface area contributed by atoms with Crippen molar-refractivity contribution in [3.8, 4) is 55.9 Å². The van der Waals surface area contributed by atoms with E-state index < -0.39 is 169 Å². The Bertz CT molecular complexity index is 4430.